The summed E-state index contributed by atoms with van der Waals surface area (Å²) < 4.78 is 0. The molecule has 19 heavy (non-hydrogen) atoms. The van der Waals surface area contributed by atoms with Gasteiger partial charge in [0.1, 0.15) is 0 Å². The Kier molecular flexibility index (Phi) is 2.91. The van der Waals surface area contributed by atoms with Crippen molar-refractivity contribution >= 4 is 11.9 Å². The zero-order chi connectivity index (χ0) is 13.7. The number of hydrogen-bond acceptors (Lipinski definition) is 2. The molecule has 0 spiro atoms. The van der Waals surface area contributed by atoms with Crippen LogP contribution in [0.1, 0.15) is 19.8 Å². The molecular formula is C15H21NO3. The number of hydrogen-bond donors (Lipinski definition) is 1. The summed E-state index contributed by atoms with van der Waals surface area (Å²) in [5.74, 6) is -0.112. The standard InChI is InChI=1S/C15H21NO3/c1-8-5-11(8)7-16(2)14(17)12-9-3-4-10(6-9)13(12)15(18)19/h3-4,8-13H,5-7H2,1-2H3,(H,18,19)/t8?,9?,10?,11?,12-,13+/m0/s1. The summed E-state index contributed by atoms with van der Waals surface area (Å²) in [6.07, 6.45) is 6.05. The quantitative estimate of drug-likeness (QED) is 0.784. The van der Waals surface area contributed by atoms with Gasteiger partial charge in [0.05, 0.1) is 11.8 Å². The minimum atomic E-state index is -0.816. The van der Waals surface area contributed by atoms with Crippen molar-refractivity contribution in [1.29, 1.82) is 0 Å². The molecule has 3 rings (SSSR count). The van der Waals surface area contributed by atoms with Crippen molar-refractivity contribution in [3.05, 3.63) is 12.2 Å². The highest BCUT2D eigenvalue weighted by atomic mass is 16.4. The van der Waals surface area contributed by atoms with Gasteiger partial charge in [0.2, 0.25) is 5.91 Å². The fourth-order valence-corrected chi connectivity index (χ4v) is 3.85. The van der Waals surface area contributed by atoms with E-state index in [0.717, 1.165) is 13.0 Å². The average Bonchev–Trinajstić information content (AvgIpc) is 2.82. The van der Waals surface area contributed by atoms with Crippen LogP contribution < -0.4 is 0 Å². The van der Waals surface area contributed by atoms with Crippen LogP contribution in [-0.4, -0.2) is 35.5 Å². The molecule has 1 amide bonds. The number of nitrogens with zero attached hydrogens (tertiary/aromatic N) is 1. The lowest BCUT2D eigenvalue weighted by molar-refractivity contribution is -0.150. The van der Waals surface area contributed by atoms with Gasteiger partial charge < -0.3 is 10.0 Å². The highest BCUT2D eigenvalue weighted by Crippen LogP contribution is 2.49. The predicted octanol–water partition coefficient (Wildman–Crippen LogP) is 1.62. The first-order valence-electron chi connectivity index (χ1n) is 7.15. The molecule has 2 fully saturated rings. The predicted molar refractivity (Wildman–Crippen MR) is 70.3 cm³/mol. The van der Waals surface area contributed by atoms with E-state index in [4.69, 9.17) is 0 Å². The molecule has 3 aliphatic carbocycles. The van der Waals surface area contributed by atoms with Gasteiger partial charge in [-0.25, -0.2) is 0 Å². The van der Waals surface area contributed by atoms with Crippen molar-refractivity contribution in [2.75, 3.05) is 13.6 Å². The number of aliphatic carboxylic acids is 1. The molecule has 0 aromatic heterocycles. The molecule has 3 aliphatic rings. The van der Waals surface area contributed by atoms with Crippen LogP contribution in [0.25, 0.3) is 0 Å². The lowest BCUT2D eigenvalue weighted by Crippen LogP contribution is -2.42. The van der Waals surface area contributed by atoms with Gasteiger partial charge in [-0.1, -0.05) is 19.1 Å². The molecule has 0 heterocycles. The summed E-state index contributed by atoms with van der Waals surface area (Å²) >= 11 is 0. The molecule has 1 N–H and O–H groups in total. The number of amides is 1. The molecule has 0 saturated heterocycles. The molecular weight excluding hydrogens is 242 g/mol. The van der Waals surface area contributed by atoms with Gasteiger partial charge in [-0.15, -0.1) is 0 Å². The Balaban J connectivity index is 1.71. The molecule has 6 atom stereocenters. The van der Waals surface area contributed by atoms with E-state index in [2.05, 4.69) is 6.92 Å². The number of carboxylic acid groups (broad SMARTS) is 1. The number of carbonyl (C=O) groups excluding carboxylic acids is 1. The van der Waals surface area contributed by atoms with Crippen LogP contribution in [0, 0.1) is 35.5 Å². The van der Waals surface area contributed by atoms with Gasteiger partial charge in [-0.2, -0.15) is 0 Å². The van der Waals surface area contributed by atoms with Crippen LogP contribution in [0.3, 0.4) is 0 Å². The summed E-state index contributed by atoms with van der Waals surface area (Å²) in [5, 5.41) is 9.37. The zero-order valence-electron chi connectivity index (χ0n) is 11.5. The molecule has 2 bridgehead atoms. The second-order valence-corrected chi connectivity index (χ2v) is 6.53. The third kappa shape index (κ3) is 2.07. The first-order chi connectivity index (χ1) is 8.99. The van der Waals surface area contributed by atoms with Crippen molar-refractivity contribution in [2.45, 2.75) is 19.8 Å². The topological polar surface area (TPSA) is 57.6 Å². The third-order valence-corrected chi connectivity index (χ3v) is 5.19. The first kappa shape index (κ1) is 12.7. The highest BCUT2D eigenvalue weighted by molar-refractivity contribution is 5.86. The molecule has 4 nitrogen and oxygen atoms in total. The van der Waals surface area contributed by atoms with Crippen LogP contribution in [0.4, 0.5) is 0 Å². The van der Waals surface area contributed by atoms with Crippen molar-refractivity contribution in [2.24, 2.45) is 35.5 Å². The molecule has 0 radical (unpaired) electrons. The zero-order valence-corrected chi connectivity index (χ0v) is 11.5. The normalized spacial score (nSPS) is 42.4. The SMILES string of the molecule is CC1CC1CN(C)C(=O)[C@H]1C2C=CC(C2)[C@H]1C(=O)O. The number of fused-ring (bicyclic) bond motifs is 2. The number of allylic oxidation sites excluding steroid dienone is 2. The van der Waals surface area contributed by atoms with Crippen molar-refractivity contribution in [3.63, 3.8) is 0 Å². The van der Waals surface area contributed by atoms with Crippen LogP contribution in [0.15, 0.2) is 12.2 Å². The van der Waals surface area contributed by atoms with E-state index in [0.29, 0.717) is 11.8 Å². The maximum Gasteiger partial charge on any atom is 0.307 e. The maximum absolute atomic E-state index is 12.5. The highest BCUT2D eigenvalue weighted by Gasteiger charge is 2.52. The van der Waals surface area contributed by atoms with Gasteiger partial charge in [-0.3, -0.25) is 9.59 Å². The van der Waals surface area contributed by atoms with Gasteiger partial charge in [0.15, 0.2) is 0 Å². The first-order valence-corrected chi connectivity index (χ1v) is 7.15. The summed E-state index contributed by atoms with van der Waals surface area (Å²) in [4.78, 5) is 25.7. The summed E-state index contributed by atoms with van der Waals surface area (Å²) in [5.41, 5.74) is 0. The van der Waals surface area contributed by atoms with Gasteiger partial charge in [0.25, 0.3) is 0 Å². The van der Waals surface area contributed by atoms with Gasteiger partial charge in [-0.05, 0) is 36.5 Å². The summed E-state index contributed by atoms with van der Waals surface area (Å²) in [6.45, 7) is 2.98. The largest absolute Gasteiger partial charge is 0.481 e. The lowest BCUT2D eigenvalue weighted by Gasteiger charge is -2.28. The monoisotopic (exact) mass is 263 g/mol. The Labute approximate surface area is 113 Å². The smallest absolute Gasteiger partial charge is 0.307 e. The average molecular weight is 263 g/mol. The fourth-order valence-electron chi connectivity index (χ4n) is 3.85. The van der Waals surface area contributed by atoms with Crippen molar-refractivity contribution in [3.8, 4) is 0 Å². The molecule has 4 unspecified atom stereocenters. The molecule has 0 aromatic rings. The van der Waals surface area contributed by atoms with E-state index >= 15 is 0 Å². The van der Waals surface area contributed by atoms with E-state index in [1.165, 1.54) is 6.42 Å². The van der Waals surface area contributed by atoms with E-state index < -0.39 is 11.9 Å². The van der Waals surface area contributed by atoms with Crippen molar-refractivity contribution < 1.29 is 14.7 Å². The lowest BCUT2D eigenvalue weighted by atomic mass is 9.82. The molecule has 104 valence electrons. The Morgan fingerprint density at radius 2 is 1.79 bits per heavy atom. The Morgan fingerprint density at radius 1 is 1.21 bits per heavy atom. The second-order valence-electron chi connectivity index (χ2n) is 6.53. The van der Waals surface area contributed by atoms with Crippen molar-refractivity contribution in [1.82, 2.24) is 4.90 Å². The second kappa shape index (κ2) is 4.36. The molecule has 4 heteroatoms. The number of carboxylic acids is 1. The Hall–Kier alpha value is -1.32. The molecule has 2 saturated carbocycles. The van der Waals surface area contributed by atoms with Crippen LogP contribution in [0.5, 0.6) is 0 Å². The minimum Gasteiger partial charge on any atom is -0.481 e. The fraction of sp³-hybridized carbons (Fsp3) is 0.733. The van der Waals surface area contributed by atoms with E-state index in [1.54, 1.807) is 4.90 Å². The summed E-state index contributed by atoms with van der Waals surface area (Å²) in [7, 11) is 1.82. The molecule has 0 aromatic carbocycles. The van der Waals surface area contributed by atoms with Gasteiger partial charge >= 0.3 is 5.97 Å². The third-order valence-electron chi connectivity index (χ3n) is 5.19. The van der Waals surface area contributed by atoms with Gasteiger partial charge in [0, 0.05) is 13.6 Å². The Morgan fingerprint density at radius 3 is 2.32 bits per heavy atom. The minimum absolute atomic E-state index is 0.0309. The van der Waals surface area contributed by atoms with Crippen LogP contribution in [-0.2, 0) is 9.59 Å². The van der Waals surface area contributed by atoms with E-state index in [-0.39, 0.29) is 23.7 Å². The van der Waals surface area contributed by atoms with E-state index in [9.17, 15) is 14.7 Å². The number of rotatable bonds is 4. The summed E-state index contributed by atoms with van der Waals surface area (Å²) in [6, 6.07) is 0. The van der Waals surface area contributed by atoms with Crippen LogP contribution in [0.2, 0.25) is 0 Å². The maximum atomic E-state index is 12.5. The van der Waals surface area contributed by atoms with E-state index in [1.807, 2.05) is 19.2 Å². The Bertz CT molecular complexity index is 445. The number of carbonyl (C=O) groups is 2. The van der Waals surface area contributed by atoms with Crippen LogP contribution >= 0.6 is 0 Å². The molecule has 0 aliphatic heterocycles.